The highest BCUT2D eigenvalue weighted by molar-refractivity contribution is 9.11. The van der Waals surface area contributed by atoms with Crippen molar-refractivity contribution in [3.63, 3.8) is 0 Å². The lowest BCUT2D eigenvalue weighted by Gasteiger charge is -2.14. The molecule has 0 aliphatic carbocycles. The van der Waals surface area contributed by atoms with Gasteiger partial charge < -0.3 is 10.0 Å². The van der Waals surface area contributed by atoms with Gasteiger partial charge in [-0.2, -0.15) is 0 Å². The number of fused-ring (bicyclic) bond motifs is 24. The maximum Gasteiger partial charge on any atom is 0.489 e. The lowest BCUT2D eigenvalue weighted by atomic mass is 9.74. The molecule has 22 aromatic rings. The average molecular weight is 2170 g/mol. The van der Waals surface area contributed by atoms with Gasteiger partial charge >= 0.3 is 7.12 Å². The van der Waals surface area contributed by atoms with Crippen LogP contribution in [0.15, 0.2) is 317 Å². The standard InChI is InChI=1S/C84H84S3.C24H9Br3S3.C20H27BO2.2CH4/c1-4-7-10-13-16-22-31-58-40-46-67(70(52-58)61-34-25-19-26-35-61)64-43-49-76-73(55-64)79-82(85-76)80-75-57-66(69-48-42-60(33-24-18-15-12-9-6-3)54-72(69)63-38-29-21-30-39-63)45-51-78(75)87-84(80)81-74-56-65(44-50-77(74)86-83(79)81)68-47-41-59(32-23-17-14-11-8-5-2)53-71(68)62-36-27-20-28-37-62;25-10-1-4-16-13(7-10)19-22(28-16)20-14-8-11(26)2-5-17(14)30-24(20)21-15-9-12(27)3-6-18(15)29-23(19)21;1-2-3-4-5-6-8-11-17-14-15-20(21(22)23)19(16-17)18-12-9-7-10-13-18;;/h19-21,25-30,34-57H,4-18,22-24,31-33H2,1-3H3;1-9H;7,9-10,12-16,22-23H,2-6,8,11H2,1H3;2*1H4. The normalized spacial score (nSPS) is 11.7. The summed E-state index contributed by atoms with van der Waals surface area (Å²) in [6, 6.07) is 114. The largest absolute Gasteiger partial charge is 0.489 e. The molecule has 0 bridgehead atoms. The highest BCUT2D eigenvalue weighted by atomic mass is 79.9. The van der Waals surface area contributed by atoms with E-state index in [1.54, 1.807) is 0 Å². The van der Waals surface area contributed by atoms with Crippen molar-refractivity contribution < 1.29 is 10.0 Å². The average Bonchev–Trinajstić information content (AvgIpc) is 1.53. The first-order chi connectivity index (χ1) is 68.8. The minimum absolute atomic E-state index is 0. The van der Waals surface area contributed by atoms with Gasteiger partial charge in [0.2, 0.25) is 0 Å². The summed E-state index contributed by atoms with van der Waals surface area (Å²) < 4.78 is 19.9. The SMILES string of the molecule is Brc1ccc2sc3c(c2c1)c1sc2ccc(Br)cc2c1c1sc2ccc(Br)cc2c31.C.C.CCCCCCCCc1ccc(-c2ccc3sc4c(c3c2)c2sc3ccc(-c5ccc(CCCCCCCC)cc5-c5ccccc5)cc3c2c2sc3ccc(-c5ccc(CCCCCCCC)cc5-c5ccccc5)cc3c42)c(-c2ccccc2)c1.CCCCCCCCc1ccc(B(O)O)c(-c2ccccc2)c1. The second-order valence-corrected chi connectivity index (χ2v) is 47.4. The summed E-state index contributed by atoms with van der Waals surface area (Å²) in [4.78, 5) is 0. The highest BCUT2D eigenvalue weighted by Crippen LogP contribution is 2.58. The van der Waals surface area contributed by atoms with Gasteiger partial charge in [-0.25, -0.2) is 0 Å². The quantitative estimate of drug-likeness (QED) is 0.0303. The van der Waals surface area contributed by atoms with Gasteiger partial charge in [0.25, 0.3) is 0 Å². The fourth-order valence-corrected chi connectivity index (χ4v) is 30.3. The Labute approximate surface area is 889 Å². The van der Waals surface area contributed by atoms with Gasteiger partial charge in [-0.1, -0.05) is 431 Å². The lowest BCUT2D eigenvalue weighted by molar-refractivity contribution is 0.426. The zero-order valence-electron chi connectivity index (χ0n) is 80.7. The van der Waals surface area contributed by atoms with Crippen LogP contribution in [-0.2, 0) is 25.7 Å². The summed E-state index contributed by atoms with van der Waals surface area (Å²) in [5, 5.41) is 35.7. The molecule has 0 saturated heterocycles. The van der Waals surface area contributed by atoms with Gasteiger partial charge in [-0.15, -0.1) is 68.0 Å². The zero-order chi connectivity index (χ0) is 95.5. The molecule has 0 radical (unpaired) electrons. The summed E-state index contributed by atoms with van der Waals surface area (Å²) in [5.74, 6) is 0. The first kappa shape index (κ1) is 102. The van der Waals surface area contributed by atoms with Crippen molar-refractivity contribution in [3.8, 4) is 77.9 Å². The number of rotatable bonds is 36. The Bertz CT molecular complexity index is 7410. The Balaban J connectivity index is 0.000000194. The highest BCUT2D eigenvalue weighted by Gasteiger charge is 2.28. The van der Waals surface area contributed by atoms with E-state index in [9.17, 15) is 10.0 Å². The molecule has 22 rings (SSSR count). The van der Waals surface area contributed by atoms with E-state index in [0.717, 1.165) is 50.2 Å². The van der Waals surface area contributed by atoms with Gasteiger partial charge in [0, 0.05) is 134 Å². The molecule has 6 heterocycles. The maximum atomic E-state index is 9.61. The molecule has 0 spiro atoms. The summed E-state index contributed by atoms with van der Waals surface area (Å²) in [6.07, 6.45) is 35.7. The summed E-state index contributed by atoms with van der Waals surface area (Å²) >= 11 is 22.9. The number of hydrogen-bond donors (Lipinski definition) is 2. The molecule has 2 nitrogen and oxygen atoms in total. The molecule has 12 heteroatoms. The first-order valence-electron chi connectivity index (χ1n) is 51.3. The summed E-state index contributed by atoms with van der Waals surface area (Å²) in [7, 11) is -1.44. The molecule has 0 fully saturated rings. The summed E-state index contributed by atoms with van der Waals surface area (Å²) in [5.41, 5.74) is 23.7. The molecule has 0 aliphatic heterocycles. The van der Waals surface area contributed by atoms with Crippen molar-refractivity contribution in [2.75, 3.05) is 0 Å². The molecule has 2 N–H and O–H groups in total. The topological polar surface area (TPSA) is 40.5 Å². The molecule has 0 aliphatic rings. The molecular weight excluding hydrogens is 2040 g/mol. The van der Waals surface area contributed by atoms with Gasteiger partial charge in [0.05, 0.1) is 0 Å². The molecule has 0 atom stereocenters. The van der Waals surface area contributed by atoms with Crippen molar-refractivity contribution in [2.24, 2.45) is 0 Å². The fraction of sp³-hybridized carbons (Fsp3) is 0.262. The number of thiophene rings is 6. The number of aryl methyl sites for hydroxylation is 4. The smallest absolute Gasteiger partial charge is 0.423 e. The zero-order valence-corrected chi connectivity index (χ0v) is 90.4. The van der Waals surface area contributed by atoms with E-state index in [2.05, 4.69) is 336 Å². The van der Waals surface area contributed by atoms with Crippen molar-refractivity contribution in [1.29, 1.82) is 0 Å². The van der Waals surface area contributed by atoms with Crippen LogP contribution in [-0.4, -0.2) is 17.2 Å². The van der Waals surface area contributed by atoms with Gasteiger partial charge in [0.1, 0.15) is 0 Å². The van der Waals surface area contributed by atoms with Crippen LogP contribution >= 0.6 is 116 Å². The predicted octanol–water partition coefficient (Wildman–Crippen LogP) is 43.8. The molecule has 0 saturated carbocycles. The number of halogens is 3. The molecule has 16 aromatic carbocycles. The van der Waals surface area contributed by atoms with Crippen molar-refractivity contribution >= 4 is 249 Å². The predicted molar refractivity (Wildman–Crippen MR) is 649 cm³/mol. The fourth-order valence-electron chi connectivity index (χ4n) is 21.3. The molecule has 142 heavy (non-hydrogen) atoms. The third-order valence-electron chi connectivity index (χ3n) is 28.6. The Kier molecular flexibility index (Phi) is 34.6. The third kappa shape index (κ3) is 22.3. The third-order valence-corrected chi connectivity index (χ3v) is 37.2. The second-order valence-electron chi connectivity index (χ2n) is 38.4. The van der Waals surface area contributed by atoms with Gasteiger partial charge in [-0.3, -0.25) is 0 Å². The van der Waals surface area contributed by atoms with E-state index in [1.165, 1.54) is 364 Å². The Morgan fingerprint density at radius 1 is 0.204 bits per heavy atom. The molecule has 0 unspecified atom stereocenters. The monoisotopic (exact) mass is 2160 g/mol. The van der Waals surface area contributed by atoms with Crippen molar-refractivity contribution in [3.05, 3.63) is 339 Å². The summed E-state index contributed by atoms with van der Waals surface area (Å²) in [6.45, 7) is 9.16. The van der Waals surface area contributed by atoms with Crippen LogP contribution in [0.2, 0.25) is 0 Å². The minimum atomic E-state index is -1.44. The number of unbranched alkanes of at least 4 members (excludes halogenated alkanes) is 20. The van der Waals surface area contributed by atoms with Crippen LogP contribution in [0, 0.1) is 0 Å². The second kappa shape index (κ2) is 48.1. The lowest BCUT2D eigenvalue weighted by Crippen LogP contribution is -2.31. The first-order valence-corrected chi connectivity index (χ1v) is 58.6. The van der Waals surface area contributed by atoms with E-state index < -0.39 is 7.12 Å². The number of benzene rings is 16. The van der Waals surface area contributed by atoms with Gasteiger partial charge in [-0.05, 0) is 248 Å². The van der Waals surface area contributed by atoms with Crippen LogP contribution < -0.4 is 5.46 Å². The molecule has 720 valence electrons. The van der Waals surface area contributed by atoms with E-state index in [0.29, 0.717) is 5.46 Å². The van der Waals surface area contributed by atoms with Crippen LogP contribution in [0.4, 0.5) is 0 Å². The minimum Gasteiger partial charge on any atom is -0.423 e. The molecule has 6 aromatic heterocycles. The van der Waals surface area contributed by atoms with E-state index in [1.807, 2.05) is 110 Å². The molecule has 0 amide bonds. The van der Waals surface area contributed by atoms with E-state index >= 15 is 0 Å². The Hall–Kier alpha value is -9.74. The molecular formula is C130H128BBr3O2S6. The Morgan fingerprint density at radius 3 is 0.676 bits per heavy atom. The number of hydrogen-bond acceptors (Lipinski definition) is 8. The maximum absolute atomic E-state index is 9.61. The van der Waals surface area contributed by atoms with Crippen LogP contribution in [0.25, 0.3) is 199 Å². The Morgan fingerprint density at radius 2 is 0.423 bits per heavy atom. The van der Waals surface area contributed by atoms with Crippen LogP contribution in [0.3, 0.4) is 0 Å². The van der Waals surface area contributed by atoms with Gasteiger partial charge in [0.15, 0.2) is 0 Å². The van der Waals surface area contributed by atoms with Crippen LogP contribution in [0.5, 0.6) is 0 Å². The van der Waals surface area contributed by atoms with Crippen LogP contribution in [0.1, 0.15) is 219 Å². The van der Waals surface area contributed by atoms with E-state index in [4.69, 9.17) is 0 Å². The van der Waals surface area contributed by atoms with Crippen molar-refractivity contribution in [1.82, 2.24) is 0 Å². The van der Waals surface area contributed by atoms with E-state index in [-0.39, 0.29) is 14.9 Å². The van der Waals surface area contributed by atoms with Crippen molar-refractivity contribution in [2.45, 2.75) is 222 Å².